The molecular weight excluding hydrogens is 406 g/mol. The first-order valence-corrected chi connectivity index (χ1v) is 11.9. The maximum absolute atomic E-state index is 13.0. The van der Waals surface area contributed by atoms with Crippen LogP contribution in [0.5, 0.6) is 0 Å². The lowest BCUT2D eigenvalue weighted by atomic mass is 9.96. The number of likely N-dealkylation sites (N-methyl/N-ethyl adjacent to an activating group) is 1. The third kappa shape index (κ3) is 4.62. The number of rotatable bonds is 7. The SMILES string of the molecule is CC(C)CC(C(=O)N[C@@H]1CC[C@H]2CN(S(=O)(=O)c3ccccc3)C[C@H]21)N(C)C(=O)O. The summed E-state index contributed by atoms with van der Waals surface area (Å²) < 4.78 is 27.4. The molecule has 0 bridgehead atoms. The number of carboxylic acid groups (broad SMARTS) is 1. The van der Waals surface area contributed by atoms with E-state index in [1.807, 2.05) is 13.8 Å². The van der Waals surface area contributed by atoms with Gasteiger partial charge in [0, 0.05) is 26.2 Å². The Bertz CT molecular complexity index is 874. The van der Waals surface area contributed by atoms with Crippen molar-refractivity contribution in [2.75, 3.05) is 20.1 Å². The van der Waals surface area contributed by atoms with Crippen LogP contribution in [0, 0.1) is 17.8 Å². The first-order valence-electron chi connectivity index (χ1n) is 10.4. The summed E-state index contributed by atoms with van der Waals surface area (Å²) in [6.07, 6.45) is 0.927. The molecule has 1 aliphatic carbocycles. The molecule has 9 heteroatoms. The molecule has 8 nitrogen and oxygen atoms in total. The predicted octanol–water partition coefficient (Wildman–Crippen LogP) is 2.23. The van der Waals surface area contributed by atoms with Crippen molar-refractivity contribution < 1.29 is 23.1 Å². The van der Waals surface area contributed by atoms with Crippen molar-refractivity contribution >= 4 is 22.0 Å². The third-order valence-corrected chi connectivity index (χ3v) is 8.14. The van der Waals surface area contributed by atoms with Crippen LogP contribution in [0.3, 0.4) is 0 Å². The number of hydrogen-bond donors (Lipinski definition) is 2. The van der Waals surface area contributed by atoms with Crippen molar-refractivity contribution in [2.45, 2.75) is 50.1 Å². The maximum atomic E-state index is 13.0. The summed E-state index contributed by atoms with van der Waals surface area (Å²) in [6.45, 7) is 4.73. The second-order valence-electron chi connectivity index (χ2n) is 8.79. The smallest absolute Gasteiger partial charge is 0.407 e. The minimum atomic E-state index is -3.55. The molecule has 2 amide bonds. The van der Waals surface area contributed by atoms with Crippen LogP contribution >= 0.6 is 0 Å². The van der Waals surface area contributed by atoms with Gasteiger partial charge in [0.25, 0.3) is 0 Å². The molecule has 0 aromatic heterocycles. The zero-order chi connectivity index (χ0) is 22.1. The molecule has 1 aromatic rings. The summed E-state index contributed by atoms with van der Waals surface area (Å²) in [6, 6.07) is 7.50. The molecule has 30 heavy (non-hydrogen) atoms. The number of fused-ring (bicyclic) bond motifs is 1. The number of hydrogen-bond acceptors (Lipinski definition) is 4. The van der Waals surface area contributed by atoms with Gasteiger partial charge in [-0.05, 0) is 49.1 Å². The zero-order valence-electron chi connectivity index (χ0n) is 17.7. The van der Waals surface area contributed by atoms with Crippen molar-refractivity contribution in [1.29, 1.82) is 0 Å². The Kier molecular flexibility index (Phi) is 6.71. The number of nitrogens with zero attached hydrogens (tertiary/aromatic N) is 2. The van der Waals surface area contributed by atoms with Gasteiger partial charge in [-0.25, -0.2) is 13.2 Å². The number of amides is 2. The maximum Gasteiger partial charge on any atom is 0.407 e. The van der Waals surface area contributed by atoms with Gasteiger partial charge in [0.1, 0.15) is 6.04 Å². The number of sulfonamides is 1. The molecule has 1 saturated heterocycles. The van der Waals surface area contributed by atoms with Crippen LogP contribution < -0.4 is 5.32 Å². The highest BCUT2D eigenvalue weighted by Crippen LogP contribution is 2.40. The van der Waals surface area contributed by atoms with Crippen LogP contribution in [0.15, 0.2) is 35.2 Å². The quantitative estimate of drug-likeness (QED) is 0.680. The first kappa shape index (κ1) is 22.6. The van der Waals surface area contributed by atoms with Crippen LogP contribution in [0.4, 0.5) is 4.79 Å². The van der Waals surface area contributed by atoms with E-state index < -0.39 is 22.2 Å². The standard InChI is InChI=1S/C21H31N3O5S/c1-14(2)11-19(23(3)21(26)27)20(25)22-18-10-9-15-12-24(13-17(15)18)30(28,29)16-7-5-4-6-8-16/h4-8,14-15,17-19H,9-13H2,1-3H3,(H,22,25)(H,26,27)/t15-,17+,18+,19?/m0/s1. The summed E-state index contributed by atoms with van der Waals surface area (Å²) in [4.78, 5) is 25.7. The van der Waals surface area contributed by atoms with Crippen molar-refractivity contribution in [3.8, 4) is 0 Å². The van der Waals surface area contributed by atoms with Gasteiger partial charge >= 0.3 is 6.09 Å². The Morgan fingerprint density at radius 3 is 2.47 bits per heavy atom. The fourth-order valence-corrected chi connectivity index (χ4v) is 6.20. The van der Waals surface area contributed by atoms with Crippen LogP contribution in [0.2, 0.25) is 0 Å². The molecule has 2 aliphatic rings. The highest BCUT2D eigenvalue weighted by atomic mass is 32.2. The van der Waals surface area contributed by atoms with E-state index in [4.69, 9.17) is 0 Å². The van der Waals surface area contributed by atoms with Gasteiger partial charge in [-0.15, -0.1) is 0 Å². The van der Waals surface area contributed by atoms with Gasteiger partial charge in [0.15, 0.2) is 0 Å². The van der Waals surface area contributed by atoms with Crippen LogP contribution in [0.1, 0.15) is 33.1 Å². The highest BCUT2D eigenvalue weighted by molar-refractivity contribution is 7.89. The van der Waals surface area contributed by atoms with Crippen molar-refractivity contribution in [1.82, 2.24) is 14.5 Å². The number of benzene rings is 1. The van der Waals surface area contributed by atoms with Crippen LogP contribution in [-0.2, 0) is 14.8 Å². The minimum absolute atomic E-state index is 0.0438. The Morgan fingerprint density at radius 2 is 1.87 bits per heavy atom. The lowest BCUT2D eigenvalue weighted by Crippen LogP contribution is -2.51. The molecule has 0 radical (unpaired) electrons. The number of carbonyl (C=O) groups excluding carboxylic acids is 1. The molecule has 1 saturated carbocycles. The van der Waals surface area contributed by atoms with Gasteiger partial charge < -0.3 is 10.4 Å². The topological polar surface area (TPSA) is 107 Å². The number of nitrogens with one attached hydrogen (secondary N) is 1. The first-order chi connectivity index (χ1) is 14.1. The Balaban J connectivity index is 1.69. The molecule has 0 spiro atoms. The van der Waals surface area contributed by atoms with Gasteiger partial charge in [-0.2, -0.15) is 4.31 Å². The molecule has 1 heterocycles. The average Bonchev–Trinajstić information content (AvgIpc) is 3.28. The molecule has 4 atom stereocenters. The van der Waals surface area contributed by atoms with E-state index in [1.54, 1.807) is 30.3 Å². The largest absolute Gasteiger partial charge is 0.465 e. The lowest BCUT2D eigenvalue weighted by Gasteiger charge is -2.29. The lowest BCUT2D eigenvalue weighted by molar-refractivity contribution is -0.127. The Morgan fingerprint density at radius 1 is 1.20 bits per heavy atom. The van der Waals surface area contributed by atoms with Gasteiger partial charge in [0.05, 0.1) is 4.90 Å². The average molecular weight is 438 g/mol. The summed E-state index contributed by atoms with van der Waals surface area (Å²) >= 11 is 0. The normalized spacial score (nSPS) is 25.1. The summed E-state index contributed by atoms with van der Waals surface area (Å²) in [5.41, 5.74) is 0. The van der Waals surface area contributed by atoms with E-state index >= 15 is 0 Å². The van der Waals surface area contributed by atoms with Crippen LogP contribution in [0.25, 0.3) is 0 Å². The van der Waals surface area contributed by atoms with E-state index in [0.29, 0.717) is 19.5 Å². The second-order valence-corrected chi connectivity index (χ2v) is 10.7. The summed E-state index contributed by atoms with van der Waals surface area (Å²) in [5.74, 6) is 0.109. The fourth-order valence-electron chi connectivity index (χ4n) is 4.64. The molecule has 2 N–H and O–H groups in total. The Hall–Kier alpha value is -2.13. The van der Waals surface area contributed by atoms with E-state index in [9.17, 15) is 23.1 Å². The van der Waals surface area contributed by atoms with E-state index in [-0.39, 0.29) is 34.6 Å². The number of carbonyl (C=O) groups is 2. The molecule has 1 unspecified atom stereocenters. The summed E-state index contributed by atoms with van der Waals surface area (Å²) in [5, 5.41) is 12.4. The Labute approximate surface area is 178 Å². The van der Waals surface area contributed by atoms with Crippen molar-refractivity contribution in [2.24, 2.45) is 17.8 Å². The third-order valence-electron chi connectivity index (χ3n) is 6.30. The molecular formula is C21H31N3O5S. The molecule has 166 valence electrons. The fraction of sp³-hybridized carbons (Fsp3) is 0.619. The second kappa shape index (κ2) is 8.93. The summed E-state index contributed by atoms with van der Waals surface area (Å²) in [7, 11) is -2.14. The van der Waals surface area contributed by atoms with E-state index in [0.717, 1.165) is 17.7 Å². The molecule has 1 aromatic carbocycles. The minimum Gasteiger partial charge on any atom is -0.465 e. The zero-order valence-corrected chi connectivity index (χ0v) is 18.5. The van der Waals surface area contributed by atoms with Crippen molar-refractivity contribution in [3.05, 3.63) is 30.3 Å². The van der Waals surface area contributed by atoms with Gasteiger partial charge in [-0.1, -0.05) is 32.0 Å². The molecule has 2 fully saturated rings. The molecule has 3 rings (SSSR count). The van der Waals surface area contributed by atoms with Gasteiger partial charge in [-0.3, -0.25) is 9.69 Å². The van der Waals surface area contributed by atoms with E-state index in [1.165, 1.54) is 11.4 Å². The van der Waals surface area contributed by atoms with Gasteiger partial charge in [0.2, 0.25) is 15.9 Å². The van der Waals surface area contributed by atoms with Crippen LogP contribution in [-0.4, -0.2) is 67.0 Å². The highest BCUT2D eigenvalue weighted by Gasteiger charge is 2.47. The van der Waals surface area contributed by atoms with E-state index in [2.05, 4.69) is 5.32 Å². The monoisotopic (exact) mass is 437 g/mol. The van der Waals surface area contributed by atoms with Crippen molar-refractivity contribution in [3.63, 3.8) is 0 Å². The molecule has 1 aliphatic heterocycles. The predicted molar refractivity (Wildman–Crippen MR) is 112 cm³/mol.